The standard InChI is InChI=1S/C19H23N5O.2ClH/c1-19(17-12-22-13-23-17,9-14-4-6-15(10-20)7-5-14)24-18(25)16-3-2-8-21-11-16;;/h4-7,12-13,16,21H,2-3,8-9,11H2,1H3,(H,22,23)(H,24,25);2*1H/t16-,19?;;/m0../s1. The summed E-state index contributed by atoms with van der Waals surface area (Å²) in [6.45, 7) is 3.71. The molecule has 0 spiro atoms. The fourth-order valence-electron chi connectivity index (χ4n) is 3.32. The molecule has 0 radical (unpaired) electrons. The van der Waals surface area contributed by atoms with Crippen molar-refractivity contribution in [3.8, 4) is 6.07 Å². The fourth-order valence-corrected chi connectivity index (χ4v) is 3.32. The maximum atomic E-state index is 12.8. The number of nitrogens with zero attached hydrogens (tertiary/aromatic N) is 2. The SMILES string of the molecule is CC(Cc1ccc(C#N)cc1)(NC(=O)[C@H]1CCCNC1)c1cnc[nH]1.Cl.Cl. The molecule has 146 valence electrons. The summed E-state index contributed by atoms with van der Waals surface area (Å²) in [7, 11) is 0. The van der Waals surface area contributed by atoms with E-state index in [9.17, 15) is 4.79 Å². The molecule has 1 aromatic carbocycles. The summed E-state index contributed by atoms with van der Waals surface area (Å²) in [6, 6.07) is 9.59. The van der Waals surface area contributed by atoms with Gasteiger partial charge in [-0.3, -0.25) is 4.79 Å². The number of hydrogen-bond acceptors (Lipinski definition) is 4. The van der Waals surface area contributed by atoms with Gasteiger partial charge in [-0.15, -0.1) is 24.8 Å². The minimum absolute atomic E-state index is 0. The number of nitriles is 1. The molecule has 1 aromatic heterocycles. The third-order valence-corrected chi connectivity index (χ3v) is 4.80. The largest absolute Gasteiger partial charge is 0.347 e. The van der Waals surface area contributed by atoms with Crippen molar-refractivity contribution in [1.29, 1.82) is 5.26 Å². The summed E-state index contributed by atoms with van der Waals surface area (Å²) in [5.74, 6) is 0.0647. The molecule has 1 saturated heterocycles. The summed E-state index contributed by atoms with van der Waals surface area (Å²) in [6.07, 6.45) is 5.93. The molecule has 1 fully saturated rings. The molecule has 1 aliphatic rings. The summed E-state index contributed by atoms with van der Waals surface area (Å²) in [5, 5.41) is 15.5. The molecule has 3 N–H and O–H groups in total. The Labute approximate surface area is 172 Å². The minimum atomic E-state index is -0.584. The molecule has 0 bridgehead atoms. The van der Waals surface area contributed by atoms with Gasteiger partial charge in [0.1, 0.15) is 0 Å². The highest BCUT2D eigenvalue weighted by atomic mass is 35.5. The third kappa shape index (κ3) is 5.70. The number of imidazole rings is 1. The monoisotopic (exact) mass is 409 g/mol. The fraction of sp³-hybridized carbons (Fsp3) is 0.421. The molecular formula is C19H25Cl2N5O. The lowest BCUT2D eigenvalue weighted by Gasteiger charge is -2.33. The van der Waals surface area contributed by atoms with Crippen LogP contribution < -0.4 is 10.6 Å². The highest BCUT2D eigenvalue weighted by Crippen LogP contribution is 2.25. The first-order valence-corrected chi connectivity index (χ1v) is 8.61. The van der Waals surface area contributed by atoms with Crippen molar-refractivity contribution in [2.75, 3.05) is 13.1 Å². The average Bonchev–Trinajstić information content (AvgIpc) is 3.18. The Morgan fingerprint density at radius 2 is 2.11 bits per heavy atom. The van der Waals surface area contributed by atoms with Crippen molar-refractivity contribution in [1.82, 2.24) is 20.6 Å². The molecule has 2 atom stereocenters. The Balaban J connectivity index is 0.00000182. The molecule has 2 aromatic rings. The van der Waals surface area contributed by atoms with Crippen LogP contribution in [-0.4, -0.2) is 29.0 Å². The maximum Gasteiger partial charge on any atom is 0.225 e. The van der Waals surface area contributed by atoms with Crippen molar-refractivity contribution in [2.45, 2.75) is 31.7 Å². The van der Waals surface area contributed by atoms with Crippen LogP contribution in [0.1, 0.15) is 36.6 Å². The van der Waals surface area contributed by atoms with E-state index >= 15 is 0 Å². The minimum Gasteiger partial charge on any atom is -0.347 e. The van der Waals surface area contributed by atoms with Crippen LogP contribution in [0.2, 0.25) is 0 Å². The van der Waals surface area contributed by atoms with Gasteiger partial charge in [-0.25, -0.2) is 4.98 Å². The van der Waals surface area contributed by atoms with Gasteiger partial charge in [0.25, 0.3) is 0 Å². The van der Waals surface area contributed by atoms with Crippen molar-refractivity contribution < 1.29 is 4.79 Å². The van der Waals surface area contributed by atoms with Gasteiger partial charge in [-0.2, -0.15) is 5.26 Å². The number of H-pyrrole nitrogens is 1. The van der Waals surface area contributed by atoms with E-state index in [0.29, 0.717) is 12.0 Å². The second-order valence-electron chi connectivity index (χ2n) is 6.82. The number of benzene rings is 1. The van der Waals surface area contributed by atoms with Gasteiger partial charge in [-0.05, 0) is 44.0 Å². The summed E-state index contributed by atoms with van der Waals surface area (Å²) < 4.78 is 0. The number of carbonyl (C=O) groups is 1. The van der Waals surface area contributed by atoms with E-state index in [1.54, 1.807) is 24.7 Å². The first-order valence-electron chi connectivity index (χ1n) is 8.61. The lowest BCUT2D eigenvalue weighted by atomic mass is 9.88. The molecule has 1 amide bonds. The second kappa shape index (κ2) is 10.3. The number of carbonyl (C=O) groups excluding carboxylic acids is 1. The van der Waals surface area contributed by atoms with Gasteiger partial charge in [-0.1, -0.05) is 12.1 Å². The number of hydrogen-bond donors (Lipinski definition) is 3. The predicted octanol–water partition coefficient (Wildman–Crippen LogP) is 2.70. The van der Waals surface area contributed by atoms with E-state index in [4.69, 9.17) is 5.26 Å². The number of aromatic amines is 1. The van der Waals surface area contributed by atoms with Gasteiger partial charge in [0.05, 0.1) is 41.3 Å². The van der Waals surface area contributed by atoms with Gasteiger partial charge < -0.3 is 15.6 Å². The van der Waals surface area contributed by atoms with Gasteiger partial charge in [0, 0.05) is 13.0 Å². The molecule has 0 saturated carbocycles. The van der Waals surface area contributed by atoms with Crippen LogP contribution in [0.15, 0.2) is 36.8 Å². The number of aromatic nitrogens is 2. The molecule has 3 rings (SSSR count). The van der Waals surface area contributed by atoms with E-state index in [2.05, 4.69) is 26.7 Å². The molecule has 0 aliphatic carbocycles. The highest BCUT2D eigenvalue weighted by molar-refractivity contribution is 5.85. The normalized spacial score (nSPS) is 18.1. The second-order valence-corrected chi connectivity index (χ2v) is 6.82. The van der Waals surface area contributed by atoms with Crippen LogP contribution in [0.5, 0.6) is 0 Å². The summed E-state index contributed by atoms with van der Waals surface area (Å²) in [5.41, 5.74) is 1.97. The van der Waals surface area contributed by atoms with Gasteiger partial charge in [0.2, 0.25) is 5.91 Å². The van der Waals surface area contributed by atoms with Crippen molar-refractivity contribution >= 4 is 30.7 Å². The first-order chi connectivity index (χ1) is 12.1. The lowest BCUT2D eigenvalue weighted by Crippen LogP contribution is -2.50. The van der Waals surface area contributed by atoms with Crippen LogP contribution in [0.4, 0.5) is 0 Å². The van der Waals surface area contributed by atoms with E-state index in [1.165, 1.54) is 0 Å². The number of amides is 1. The van der Waals surface area contributed by atoms with Gasteiger partial charge in [0.15, 0.2) is 0 Å². The van der Waals surface area contributed by atoms with E-state index < -0.39 is 5.54 Å². The van der Waals surface area contributed by atoms with E-state index in [0.717, 1.165) is 37.2 Å². The molecular weight excluding hydrogens is 385 g/mol. The Morgan fingerprint density at radius 3 is 2.67 bits per heavy atom. The van der Waals surface area contributed by atoms with Crippen LogP contribution in [0.25, 0.3) is 0 Å². The van der Waals surface area contributed by atoms with Crippen LogP contribution in [0, 0.1) is 17.2 Å². The topological polar surface area (TPSA) is 93.6 Å². The van der Waals surface area contributed by atoms with E-state index in [1.807, 2.05) is 19.1 Å². The maximum absolute atomic E-state index is 12.8. The Hall–Kier alpha value is -2.07. The Morgan fingerprint density at radius 1 is 1.37 bits per heavy atom. The zero-order valence-electron chi connectivity index (χ0n) is 15.2. The van der Waals surface area contributed by atoms with Crippen LogP contribution in [0.3, 0.4) is 0 Å². The summed E-state index contributed by atoms with van der Waals surface area (Å²) in [4.78, 5) is 20.0. The summed E-state index contributed by atoms with van der Waals surface area (Å²) >= 11 is 0. The number of halogens is 2. The molecule has 2 heterocycles. The zero-order chi connectivity index (χ0) is 17.7. The first kappa shape index (κ1) is 23.0. The molecule has 1 aliphatic heterocycles. The molecule has 1 unspecified atom stereocenters. The van der Waals surface area contributed by atoms with E-state index in [-0.39, 0.29) is 36.6 Å². The van der Waals surface area contributed by atoms with Crippen molar-refractivity contribution in [2.24, 2.45) is 5.92 Å². The quantitative estimate of drug-likeness (QED) is 0.707. The average molecular weight is 410 g/mol. The highest BCUT2D eigenvalue weighted by Gasteiger charge is 2.33. The number of rotatable bonds is 5. The Kier molecular flexibility index (Phi) is 8.77. The molecule has 27 heavy (non-hydrogen) atoms. The number of nitrogens with one attached hydrogen (secondary N) is 3. The Bertz CT molecular complexity index is 751. The van der Waals surface area contributed by atoms with Crippen LogP contribution >= 0.6 is 24.8 Å². The van der Waals surface area contributed by atoms with Crippen molar-refractivity contribution in [3.05, 3.63) is 53.6 Å². The molecule has 8 heteroatoms. The van der Waals surface area contributed by atoms with Gasteiger partial charge >= 0.3 is 0 Å². The zero-order valence-corrected chi connectivity index (χ0v) is 16.8. The lowest BCUT2D eigenvalue weighted by molar-refractivity contribution is -0.127. The number of piperidine rings is 1. The van der Waals surface area contributed by atoms with Crippen molar-refractivity contribution in [3.63, 3.8) is 0 Å². The molecule has 6 nitrogen and oxygen atoms in total. The predicted molar refractivity (Wildman–Crippen MR) is 109 cm³/mol. The third-order valence-electron chi connectivity index (χ3n) is 4.80. The smallest absolute Gasteiger partial charge is 0.225 e. The van der Waals surface area contributed by atoms with Crippen LogP contribution in [-0.2, 0) is 16.8 Å².